The summed E-state index contributed by atoms with van der Waals surface area (Å²) in [5, 5.41) is 3.95. The number of aromatic amines is 1. The molecule has 4 rings (SSSR count). The number of ether oxygens (including phenoxy) is 1. The second-order valence-corrected chi connectivity index (χ2v) is 7.45. The van der Waals surface area contributed by atoms with Crippen LogP contribution in [0, 0.1) is 4.77 Å². The summed E-state index contributed by atoms with van der Waals surface area (Å²) in [6.07, 6.45) is 2.33. The van der Waals surface area contributed by atoms with Crippen LogP contribution in [0.2, 0.25) is 5.02 Å². The minimum atomic E-state index is 0.403. The molecule has 140 valence electrons. The molecule has 0 spiro atoms. The maximum Gasteiger partial charge on any atom is 0.217 e. The Morgan fingerprint density at radius 1 is 1.26 bits per heavy atom. The summed E-state index contributed by atoms with van der Waals surface area (Å²) in [6, 6.07) is 16.5. The van der Waals surface area contributed by atoms with Crippen LogP contribution in [0.5, 0.6) is 5.75 Å². The van der Waals surface area contributed by atoms with E-state index in [2.05, 4.69) is 45.3 Å². The van der Waals surface area contributed by atoms with Crippen molar-refractivity contribution in [1.82, 2.24) is 19.7 Å². The van der Waals surface area contributed by atoms with E-state index in [1.54, 1.807) is 13.2 Å². The fourth-order valence-corrected chi connectivity index (χ4v) is 4.03. The zero-order valence-corrected chi connectivity index (χ0v) is 16.6. The highest BCUT2D eigenvalue weighted by atomic mass is 35.5. The molecule has 1 aliphatic heterocycles. The maximum absolute atomic E-state index is 6.16. The van der Waals surface area contributed by atoms with Gasteiger partial charge in [-0.1, -0.05) is 41.9 Å². The van der Waals surface area contributed by atoms with E-state index in [-0.39, 0.29) is 0 Å². The number of nitrogens with zero attached hydrogens (tertiary/aromatic N) is 3. The Bertz CT molecular complexity index is 985. The van der Waals surface area contributed by atoms with Gasteiger partial charge in [0.05, 0.1) is 19.3 Å². The van der Waals surface area contributed by atoms with Gasteiger partial charge in [-0.25, -0.2) is 4.68 Å². The summed E-state index contributed by atoms with van der Waals surface area (Å²) in [5.41, 5.74) is 2.15. The summed E-state index contributed by atoms with van der Waals surface area (Å²) in [7, 11) is 1.63. The van der Waals surface area contributed by atoms with Gasteiger partial charge in [-0.3, -0.25) is 10.00 Å². The van der Waals surface area contributed by atoms with Crippen molar-refractivity contribution < 1.29 is 4.74 Å². The molecule has 1 fully saturated rings. The standard InChI is InChI=1S/C20H21ClN4OS/c1-26-18-10-9-15(21)12-16(18)19-22-20(27)25(23-19)13-24-11-5-8-17(24)14-6-3-2-4-7-14/h2-4,6-7,9-10,12,17H,5,8,11,13H2,1H3,(H,22,23,27)/t17-/m0/s1. The molecular formula is C20H21ClN4OS. The number of methoxy groups -OCH3 is 1. The molecule has 0 bridgehead atoms. The maximum atomic E-state index is 6.16. The fourth-order valence-electron chi connectivity index (χ4n) is 3.67. The highest BCUT2D eigenvalue weighted by molar-refractivity contribution is 7.71. The zero-order valence-electron chi connectivity index (χ0n) is 15.1. The van der Waals surface area contributed by atoms with E-state index in [0.717, 1.165) is 18.5 Å². The molecule has 27 heavy (non-hydrogen) atoms. The zero-order chi connectivity index (χ0) is 18.8. The third-order valence-corrected chi connectivity index (χ3v) is 5.51. The lowest BCUT2D eigenvalue weighted by atomic mass is 10.1. The molecule has 1 aromatic heterocycles. The van der Waals surface area contributed by atoms with Crippen LogP contribution in [-0.4, -0.2) is 33.3 Å². The number of rotatable bonds is 5. The predicted octanol–water partition coefficient (Wildman–Crippen LogP) is 5.06. The lowest BCUT2D eigenvalue weighted by Gasteiger charge is -2.24. The largest absolute Gasteiger partial charge is 0.496 e. The molecule has 1 N–H and O–H groups in total. The second kappa shape index (κ2) is 7.84. The molecule has 0 radical (unpaired) electrons. The lowest BCUT2D eigenvalue weighted by molar-refractivity contribution is 0.190. The summed E-state index contributed by atoms with van der Waals surface area (Å²) >= 11 is 11.7. The molecule has 3 aromatic rings. The number of aromatic nitrogens is 3. The number of halogens is 1. The highest BCUT2D eigenvalue weighted by Crippen LogP contribution is 2.33. The van der Waals surface area contributed by atoms with Gasteiger partial charge in [0.15, 0.2) is 5.82 Å². The van der Waals surface area contributed by atoms with Crippen molar-refractivity contribution >= 4 is 23.8 Å². The van der Waals surface area contributed by atoms with Crippen molar-refractivity contribution in [1.29, 1.82) is 0 Å². The molecular weight excluding hydrogens is 380 g/mol. The molecule has 2 aromatic carbocycles. The van der Waals surface area contributed by atoms with E-state index in [1.807, 2.05) is 16.8 Å². The Morgan fingerprint density at radius 2 is 2.07 bits per heavy atom. The number of benzene rings is 2. The minimum Gasteiger partial charge on any atom is -0.496 e. The number of H-pyrrole nitrogens is 1. The number of nitrogens with one attached hydrogen (secondary N) is 1. The Morgan fingerprint density at radius 3 is 2.85 bits per heavy atom. The van der Waals surface area contributed by atoms with Crippen molar-refractivity contribution in [2.24, 2.45) is 0 Å². The van der Waals surface area contributed by atoms with E-state index in [1.165, 1.54) is 12.0 Å². The minimum absolute atomic E-state index is 0.403. The van der Waals surface area contributed by atoms with Gasteiger partial charge in [-0.15, -0.1) is 0 Å². The lowest BCUT2D eigenvalue weighted by Crippen LogP contribution is -2.26. The van der Waals surface area contributed by atoms with E-state index < -0.39 is 0 Å². The van der Waals surface area contributed by atoms with Crippen molar-refractivity contribution in [2.75, 3.05) is 13.7 Å². The van der Waals surface area contributed by atoms with Gasteiger partial charge in [0.2, 0.25) is 4.77 Å². The molecule has 7 heteroatoms. The van der Waals surface area contributed by atoms with Crippen molar-refractivity contribution in [3.63, 3.8) is 0 Å². The van der Waals surface area contributed by atoms with Crippen LogP contribution in [0.3, 0.4) is 0 Å². The Kier molecular flexibility index (Phi) is 5.29. The van der Waals surface area contributed by atoms with E-state index >= 15 is 0 Å². The van der Waals surface area contributed by atoms with Crippen LogP contribution in [0.15, 0.2) is 48.5 Å². The SMILES string of the molecule is COc1ccc(Cl)cc1-c1nc(=S)n(CN2CCC[C@H]2c2ccccc2)[nH]1. The smallest absolute Gasteiger partial charge is 0.217 e. The van der Waals surface area contributed by atoms with Crippen LogP contribution >= 0.6 is 23.8 Å². The topological polar surface area (TPSA) is 46.1 Å². The van der Waals surface area contributed by atoms with Crippen LogP contribution < -0.4 is 4.74 Å². The summed E-state index contributed by atoms with van der Waals surface area (Å²) < 4.78 is 7.87. The molecule has 1 saturated heterocycles. The molecule has 0 saturated carbocycles. The summed E-state index contributed by atoms with van der Waals surface area (Å²) in [6.45, 7) is 1.71. The van der Waals surface area contributed by atoms with Gasteiger partial charge in [-0.2, -0.15) is 4.98 Å². The first kappa shape index (κ1) is 18.2. The van der Waals surface area contributed by atoms with E-state index in [0.29, 0.717) is 34.1 Å². The van der Waals surface area contributed by atoms with Gasteiger partial charge in [0, 0.05) is 17.6 Å². The third-order valence-electron chi connectivity index (χ3n) is 4.97. The molecule has 2 heterocycles. The quantitative estimate of drug-likeness (QED) is 0.608. The molecule has 1 atom stereocenters. The predicted molar refractivity (Wildman–Crippen MR) is 110 cm³/mol. The monoisotopic (exact) mass is 400 g/mol. The fraction of sp³-hybridized carbons (Fsp3) is 0.300. The van der Waals surface area contributed by atoms with E-state index in [4.69, 9.17) is 28.6 Å². The van der Waals surface area contributed by atoms with Crippen LogP contribution in [0.25, 0.3) is 11.4 Å². The molecule has 1 aliphatic rings. The first-order valence-electron chi connectivity index (χ1n) is 8.95. The normalized spacial score (nSPS) is 17.3. The van der Waals surface area contributed by atoms with Crippen molar-refractivity contribution in [3.8, 4) is 17.1 Å². The first-order valence-corrected chi connectivity index (χ1v) is 9.74. The molecule has 0 unspecified atom stereocenters. The van der Waals surface area contributed by atoms with Crippen LogP contribution in [-0.2, 0) is 6.67 Å². The number of hydrogen-bond acceptors (Lipinski definition) is 4. The van der Waals surface area contributed by atoms with Crippen LogP contribution in [0.4, 0.5) is 0 Å². The molecule has 5 nitrogen and oxygen atoms in total. The molecule has 0 amide bonds. The Labute approximate surface area is 168 Å². The summed E-state index contributed by atoms with van der Waals surface area (Å²) in [5.74, 6) is 1.37. The van der Waals surface area contributed by atoms with Gasteiger partial charge in [0.25, 0.3) is 0 Å². The van der Waals surface area contributed by atoms with Gasteiger partial charge >= 0.3 is 0 Å². The Balaban J connectivity index is 1.61. The second-order valence-electron chi connectivity index (χ2n) is 6.65. The average Bonchev–Trinajstić information content (AvgIpc) is 3.30. The molecule has 0 aliphatic carbocycles. The summed E-state index contributed by atoms with van der Waals surface area (Å²) in [4.78, 5) is 6.96. The number of likely N-dealkylation sites (tertiary alicyclic amines) is 1. The van der Waals surface area contributed by atoms with Crippen molar-refractivity contribution in [2.45, 2.75) is 25.6 Å². The highest BCUT2D eigenvalue weighted by Gasteiger charge is 2.26. The average molecular weight is 401 g/mol. The van der Waals surface area contributed by atoms with Gasteiger partial charge < -0.3 is 4.74 Å². The van der Waals surface area contributed by atoms with Crippen LogP contribution in [0.1, 0.15) is 24.4 Å². The third kappa shape index (κ3) is 3.78. The van der Waals surface area contributed by atoms with Crippen molar-refractivity contribution in [3.05, 3.63) is 63.9 Å². The van der Waals surface area contributed by atoms with Gasteiger partial charge in [0.1, 0.15) is 5.75 Å². The Hall–Kier alpha value is -2.15. The van der Waals surface area contributed by atoms with Gasteiger partial charge in [-0.05, 0) is 48.8 Å². The first-order chi connectivity index (χ1) is 13.2. The van der Waals surface area contributed by atoms with E-state index in [9.17, 15) is 0 Å². The number of hydrogen-bond donors (Lipinski definition) is 1.